The summed E-state index contributed by atoms with van der Waals surface area (Å²) in [5.41, 5.74) is 2.28. The Morgan fingerprint density at radius 3 is 2.88 bits per heavy atom. The van der Waals surface area contributed by atoms with E-state index in [0.29, 0.717) is 0 Å². The monoisotopic (exact) mass is 403 g/mol. The van der Waals surface area contributed by atoms with Crippen LogP contribution in [0.4, 0.5) is 0 Å². The van der Waals surface area contributed by atoms with Crippen molar-refractivity contribution in [2.24, 2.45) is 0 Å². The molecule has 2 saturated heterocycles. The minimum Gasteiger partial charge on any atom is -0.368 e. The Kier molecular flexibility index (Phi) is 5.01. The highest BCUT2D eigenvalue weighted by atomic mass is 79.9. The van der Waals surface area contributed by atoms with Crippen LogP contribution in [0.1, 0.15) is 18.4 Å². The van der Waals surface area contributed by atoms with E-state index in [9.17, 15) is 4.79 Å². The number of carbonyl (C=O) groups is 1. The number of fused-ring (bicyclic) bond motifs is 1. The van der Waals surface area contributed by atoms with Gasteiger partial charge in [0, 0.05) is 55.4 Å². The number of carbonyl (C=O) groups excluding carboxylic acids is 1. The van der Waals surface area contributed by atoms with Gasteiger partial charge in [-0.2, -0.15) is 0 Å². The zero-order chi connectivity index (χ0) is 17.2. The SMILES string of the molecule is O=C([C@H]1CCCO1)N1CCN(Cc2cc(Br)cc3cccnc23)CC1. The predicted octanol–water partition coefficient (Wildman–Crippen LogP) is 2.82. The topological polar surface area (TPSA) is 45.7 Å². The fourth-order valence-electron chi connectivity index (χ4n) is 3.69. The molecule has 6 heteroatoms. The van der Waals surface area contributed by atoms with Crippen LogP contribution < -0.4 is 0 Å². The number of hydrogen-bond acceptors (Lipinski definition) is 4. The lowest BCUT2D eigenvalue weighted by molar-refractivity contribution is -0.142. The summed E-state index contributed by atoms with van der Waals surface area (Å²) in [6.45, 7) is 4.91. The third-order valence-electron chi connectivity index (χ3n) is 5.03. The van der Waals surface area contributed by atoms with Crippen molar-refractivity contribution in [2.75, 3.05) is 32.8 Å². The van der Waals surface area contributed by atoms with Gasteiger partial charge in [0.15, 0.2) is 0 Å². The first-order chi connectivity index (χ1) is 12.2. The van der Waals surface area contributed by atoms with Gasteiger partial charge in [0.2, 0.25) is 0 Å². The summed E-state index contributed by atoms with van der Waals surface area (Å²) in [4.78, 5) is 21.4. The quantitative estimate of drug-likeness (QED) is 0.790. The van der Waals surface area contributed by atoms with Crippen LogP contribution in [0.3, 0.4) is 0 Å². The van der Waals surface area contributed by atoms with Gasteiger partial charge in [-0.1, -0.05) is 22.0 Å². The second-order valence-electron chi connectivity index (χ2n) is 6.74. The van der Waals surface area contributed by atoms with Gasteiger partial charge in [0.05, 0.1) is 5.52 Å². The van der Waals surface area contributed by atoms with Gasteiger partial charge >= 0.3 is 0 Å². The number of aromatic nitrogens is 1. The zero-order valence-corrected chi connectivity index (χ0v) is 15.7. The minimum atomic E-state index is -0.204. The molecular formula is C19H22BrN3O2. The van der Waals surface area contributed by atoms with Crippen molar-refractivity contribution >= 4 is 32.7 Å². The molecular weight excluding hydrogens is 382 g/mol. The van der Waals surface area contributed by atoms with E-state index in [0.717, 1.165) is 67.5 Å². The van der Waals surface area contributed by atoms with Crippen molar-refractivity contribution < 1.29 is 9.53 Å². The number of pyridine rings is 1. The summed E-state index contributed by atoms with van der Waals surface area (Å²) in [6.07, 6.45) is 3.51. The summed E-state index contributed by atoms with van der Waals surface area (Å²) in [5, 5.41) is 1.15. The largest absolute Gasteiger partial charge is 0.368 e. The molecule has 0 saturated carbocycles. The second kappa shape index (κ2) is 7.40. The van der Waals surface area contributed by atoms with E-state index in [4.69, 9.17) is 4.74 Å². The molecule has 25 heavy (non-hydrogen) atoms. The zero-order valence-electron chi connectivity index (χ0n) is 14.2. The van der Waals surface area contributed by atoms with Crippen LogP contribution in [0.25, 0.3) is 10.9 Å². The van der Waals surface area contributed by atoms with Gasteiger partial charge in [-0.05, 0) is 36.6 Å². The average molecular weight is 404 g/mol. The van der Waals surface area contributed by atoms with Crippen LogP contribution >= 0.6 is 15.9 Å². The Hall–Kier alpha value is -1.50. The average Bonchev–Trinajstić information content (AvgIpc) is 3.16. The standard InChI is InChI=1S/C19H22BrN3O2/c20-16-11-14-3-1-5-21-18(14)15(12-16)13-22-6-8-23(9-7-22)19(24)17-4-2-10-25-17/h1,3,5,11-12,17H,2,4,6-10,13H2/t17-/m1/s1. The number of piperazine rings is 1. The molecule has 0 N–H and O–H groups in total. The number of hydrogen-bond donors (Lipinski definition) is 0. The van der Waals surface area contributed by atoms with Gasteiger partial charge < -0.3 is 9.64 Å². The molecule has 2 aromatic rings. The van der Waals surface area contributed by atoms with E-state index in [-0.39, 0.29) is 12.0 Å². The molecule has 0 aliphatic carbocycles. The minimum absolute atomic E-state index is 0.173. The van der Waals surface area contributed by atoms with Crippen molar-refractivity contribution in [3.63, 3.8) is 0 Å². The fourth-order valence-corrected chi connectivity index (χ4v) is 4.21. The third kappa shape index (κ3) is 3.71. The Balaban J connectivity index is 1.41. The molecule has 3 heterocycles. The maximum absolute atomic E-state index is 12.5. The van der Waals surface area contributed by atoms with Gasteiger partial charge in [0.25, 0.3) is 5.91 Å². The molecule has 1 aromatic heterocycles. The molecule has 0 unspecified atom stereocenters. The first kappa shape index (κ1) is 16.9. The van der Waals surface area contributed by atoms with E-state index in [2.05, 4.69) is 44.0 Å². The molecule has 2 fully saturated rings. The smallest absolute Gasteiger partial charge is 0.251 e. The molecule has 2 aliphatic rings. The van der Waals surface area contributed by atoms with Crippen LogP contribution in [-0.4, -0.2) is 59.6 Å². The second-order valence-corrected chi connectivity index (χ2v) is 7.66. The lowest BCUT2D eigenvalue weighted by Crippen LogP contribution is -2.51. The number of benzene rings is 1. The number of halogens is 1. The van der Waals surface area contributed by atoms with Crippen LogP contribution in [0, 0.1) is 0 Å². The highest BCUT2D eigenvalue weighted by Crippen LogP contribution is 2.24. The number of rotatable bonds is 3. The fraction of sp³-hybridized carbons (Fsp3) is 0.474. The van der Waals surface area contributed by atoms with Crippen molar-refractivity contribution in [3.8, 4) is 0 Å². The molecule has 1 amide bonds. The highest BCUT2D eigenvalue weighted by molar-refractivity contribution is 9.10. The van der Waals surface area contributed by atoms with Crippen LogP contribution in [0.15, 0.2) is 34.9 Å². The summed E-state index contributed by atoms with van der Waals surface area (Å²) < 4.78 is 6.61. The number of ether oxygens (including phenoxy) is 1. The summed E-state index contributed by atoms with van der Waals surface area (Å²) >= 11 is 3.60. The molecule has 5 nitrogen and oxygen atoms in total. The molecule has 0 bridgehead atoms. The van der Waals surface area contributed by atoms with E-state index < -0.39 is 0 Å². The normalized spacial score (nSPS) is 21.8. The van der Waals surface area contributed by atoms with E-state index in [1.807, 2.05) is 17.2 Å². The summed E-state index contributed by atoms with van der Waals surface area (Å²) in [5.74, 6) is 0.173. The van der Waals surface area contributed by atoms with Crippen molar-refractivity contribution in [2.45, 2.75) is 25.5 Å². The Morgan fingerprint density at radius 1 is 1.28 bits per heavy atom. The molecule has 132 valence electrons. The van der Waals surface area contributed by atoms with Gasteiger partial charge in [-0.15, -0.1) is 0 Å². The lowest BCUT2D eigenvalue weighted by Gasteiger charge is -2.35. The third-order valence-corrected chi connectivity index (χ3v) is 5.49. The molecule has 0 radical (unpaired) electrons. The van der Waals surface area contributed by atoms with Crippen molar-refractivity contribution in [1.29, 1.82) is 0 Å². The Labute approximate surface area is 156 Å². The number of nitrogens with zero attached hydrogens (tertiary/aromatic N) is 3. The molecule has 1 aromatic carbocycles. The van der Waals surface area contributed by atoms with E-state index in [1.54, 1.807) is 0 Å². The van der Waals surface area contributed by atoms with E-state index >= 15 is 0 Å². The Bertz CT molecular complexity index is 768. The van der Waals surface area contributed by atoms with Gasteiger partial charge in [-0.25, -0.2) is 0 Å². The maximum atomic E-state index is 12.5. The van der Waals surface area contributed by atoms with E-state index in [1.165, 1.54) is 5.56 Å². The first-order valence-electron chi connectivity index (χ1n) is 8.86. The van der Waals surface area contributed by atoms with Crippen molar-refractivity contribution in [1.82, 2.24) is 14.8 Å². The predicted molar refractivity (Wildman–Crippen MR) is 100 cm³/mol. The maximum Gasteiger partial charge on any atom is 0.251 e. The van der Waals surface area contributed by atoms with Gasteiger partial charge in [0.1, 0.15) is 6.10 Å². The summed E-state index contributed by atoms with van der Waals surface area (Å²) in [7, 11) is 0. The van der Waals surface area contributed by atoms with Crippen LogP contribution in [0.5, 0.6) is 0 Å². The Morgan fingerprint density at radius 2 is 2.12 bits per heavy atom. The molecule has 4 rings (SSSR count). The highest BCUT2D eigenvalue weighted by Gasteiger charge is 2.30. The lowest BCUT2D eigenvalue weighted by atomic mass is 10.1. The van der Waals surface area contributed by atoms with Crippen molar-refractivity contribution in [3.05, 3.63) is 40.5 Å². The molecule has 0 spiro atoms. The molecule has 1 atom stereocenters. The first-order valence-corrected chi connectivity index (χ1v) is 9.66. The van der Waals surface area contributed by atoms with Crippen LogP contribution in [-0.2, 0) is 16.1 Å². The van der Waals surface area contributed by atoms with Gasteiger partial charge in [-0.3, -0.25) is 14.7 Å². The summed E-state index contributed by atoms with van der Waals surface area (Å²) in [6, 6.07) is 8.31. The molecule has 2 aliphatic heterocycles. The number of amides is 1. The van der Waals surface area contributed by atoms with Crippen LogP contribution in [0.2, 0.25) is 0 Å².